The summed E-state index contributed by atoms with van der Waals surface area (Å²) in [5.41, 5.74) is 2.56. The lowest BCUT2D eigenvalue weighted by molar-refractivity contribution is 0.0939. The average Bonchev–Trinajstić information content (AvgIpc) is 3.16. The Labute approximate surface area is 146 Å². The zero-order valence-electron chi connectivity index (χ0n) is 14.4. The van der Waals surface area contributed by atoms with E-state index >= 15 is 0 Å². The number of nitrogens with one attached hydrogen (secondary N) is 1. The van der Waals surface area contributed by atoms with Crippen LogP contribution in [-0.2, 0) is 0 Å². The number of benzene rings is 1. The van der Waals surface area contributed by atoms with E-state index in [2.05, 4.69) is 15.3 Å². The minimum atomic E-state index is -0.185. The minimum Gasteiger partial charge on any atom is -0.496 e. The third kappa shape index (κ3) is 3.68. The molecule has 3 aromatic rings. The van der Waals surface area contributed by atoms with Gasteiger partial charge in [-0.05, 0) is 32.0 Å². The Morgan fingerprint density at radius 2 is 2.12 bits per heavy atom. The van der Waals surface area contributed by atoms with Crippen molar-refractivity contribution in [3.63, 3.8) is 0 Å². The number of rotatable bonds is 5. The van der Waals surface area contributed by atoms with Crippen molar-refractivity contribution in [3.8, 4) is 11.6 Å². The van der Waals surface area contributed by atoms with Crippen molar-refractivity contribution in [2.45, 2.75) is 19.9 Å². The lowest BCUT2D eigenvalue weighted by Crippen LogP contribution is -2.27. The molecule has 3 rings (SSSR count). The largest absolute Gasteiger partial charge is 0.496 e. The van der Waals surface area contributed by atoms with Gasteiger partial charge in [-0.3, -0.25) is 9.36 Å². The van der Waals surface area contributed by atoms with Gasteiger partial charge >= 0.3 is 0 Å². The molecule has 128 valence electrons. The Hall–Kier alpha value is -3.15. The summed E-state index contributed by atoms with van der Waals surface area (Å²) in [6.07, 6.45) is 6.70. The molecule has 25 heavy (non-hydrogen) atoms. The fourth-order valence-electron chi connectivity index (χ4n) is 2.62. The van der Waals surface area contributed by atoms with E-state index in [0.717, 1.165) is 16.9 Å². The van der Waals surface area contributed by atoms with Gasteiger partial charge in [0.2, 0.25) is 0 Å². The molecule has 2 aromatic heterocycles. The molecule has 0 aliphatic rings. The van der Waals surface area contributed by atoms with Crippen molar-refractivity contribution in [1.29, 1.82) is 0 Å². The van der Waals surface area contributed by atoms with Crippen LogP contribution in [0.4, 0.5) is 0 Å². The Bertz CT molecular complexity index is 858. The molecule has 0 aliphatic heterocycles. The van der Waals surface area contributed by atoms with E-state index in [-0.39, 0.29) is 11.9 Å². The van der Waals surface area contributed by atoms with Crippen molar-refractivity contribution in [2.24, 2.45) is 0 Å². The number of hydrogen-bond acceptors (Lipinski definition) is 4. The van der Waals surface area contributed by atoms with Crippen LogP contribution in [0.1, 0.15) is 34.5 Å². The molecule has 6 nitrogen and oxygen atoms in total. The number of amides is 1. The first-order chi connectivity index (χ1) is 12.1. The first kappa shape index (κ1) is 16.7. The molecule has 0 fully saturated rings. The number of imidazole rings is 1. The number of hydrogen-bond donors (Lipinski definition) is 1. The second kappa shape index (κ2) is 7.17. The van der Waals surface area contributed by atoms with Gasteiger partial charge in [0.25, 0.3) is 5.91 Å². The van der Waals surface area contributed by atoms with E-state index in [1.165, 1.54) is 0 Å². The van der Waals surface area contributed by atoms with Crippen molar-refractivity contribution in [3.05, 3.63) is 71.9 Å². The molecule has 1 aromatic carbocycles. The van der Waals surface area contributed by atoms with Crippen LogP contribution in [0.15, 0.2) is 55.2 Å². The number of pyridine rings is 1. The molecule has 0 aliphatic carbocycles. The fourth-order valence-corrected chi connectivity index (χ4v) is 2.62. The Kier molecular flexibility index (Phi) is 4.79. The predicted octanol–water partition coefficient (Wildman–Crippen LogP) is 3.08. The van der Waals surface area contributed by atoms with Crippen molar-refractivity contribution < 1.29 is 9.53 Å². The predicted molar refractivity (Wildman–Crippen MR) is 95.0 cm³/mol. The highest BCUT2D eigenvalue weighted by molar-refractivity contribution is 5.94. The summed E-state index contributed by atoms with van der Waals surface area (Å²) in [5, 5.41) is 2.99. The van der Waals surface area contributed by atoms with Gasteiger partial charge in [0, 0.05) is 24.2 Å². The van der Waals surface area contributed by atoms with Crippen molar-refractivity contribution in [2.75, 3.05) is 7.11 Å². The highest BCUT2D eigenvalue weighted by Crippen LogP contribution is 2.26. The molecular weight excluding hydrogens is 316 g/mol. The number of methoxy groups -OCH3 is 1. The van der Waals surface area contributed by atoms with Gasteiger partial charge in [-0.1, -0.05) is 17.7 Å². The highest BCUT2D eigenvalue weighted by atomic mass is 16.5. The molecule has 0 saturated carbocycles. The number of aromatic nitrogens is 3. The van der Waals surface area contributed by atoms with Crippen LogP contribution in [0.2, 0.25) is 0 Å². The summed E-state index contributed by atoms with van der Waals surface area (Å²) in [4.78, 5) is 20.8. The normalized spacial score (nSPS) is 11.8. The monoisotopic (exact) mass is 336 g/mol. The Morgan fingerprint density at radius 1 is 1.28 bits per heavy atom. The summed E-state index contributed by atoms with van der Waals surface area (Å²) in [6, 6.07) is 9.26. The quantitative estimate of drug-likeness (QED) is 0.777. The average molecular weight is 336 g/mol. The van der Waals surface area contributed by atoms with E-state index in [0.29, 0.717) is 11.4 Å². The van der Waals surface area contributed by atoms with Gasteiger partial charge < -0.3 is 10.1 Å². The SMILES string of the molecule is COc1ccc(C)cc1[C@H](C)NC(=O)c1ccc(-n2ccnc2)nc1. The van der Waals surface area contributed by atoms with E-state index in [1.807, 2.05) is 32.0 Å². The van der Waals surface area contributed by atoms with Crippen LogP contribution in [0.3, 0.4) is 0 Å². The molecular formula is C19H20N4O2. The van der Waals surface area contributed by atoms with Gasteiger partial charge in [0.05, 0.1) is 18.7 Å². The van der Waals surface area contributed by atoms with Crippen LogP contribution in [0.25, 0.3) is 5.82 Å². The Balaban J connectivity index is 1.74. The molecule has 0 unspecified atom stereocenters. The maximum absolute atomic E-state index is 12.5. The maximum Gasteiger partial charge on any atom is 0.253 e. The van der Waals surface area contributed by atoms with Gasteiger partial charge in [-0.15, -0.1) is 0 Å². The number of carbonyl (C=O) groups excluding carboxylic acids is 1. The summed E-state index contributed by atoms with van der Waals surface area (Å²) in [7, 11) is 1.63. The molecule has 0 spiro atoms. The second-order valence-electron chi connectivity index (χ2n) is 5.82. The summed E-state index contributed by atoms with van der Waals surface area (Å²) in [5.74, 6) is 1.29. The van der Waals surface area contributed by atoms with Crippen molar-refractivity contribution >= 4 is 5.91 Å². The maximum atomic E-state index is 12.5. The summed E-state index contributed by atoms with van der Waals surface area (Å²) in [6.45, 7) is 3.94. The van der Waals surface area contributed by atoms with Crippen LogP contribution in [0.5, 0.6) is 5.75 Å². The molecule has 0 radical (unpaired) electrons. The number of nitrogens with zero attached hydrogens (tertiary/aromatic N) is 3. The fraction of sp³-hybridized carbons (Fsp3) is 0.211. The minimum absolute atomic E-state index is 0.180. The lowest BCUT2D eigenvalue weighted by atomic mass is 10.0. The zero-order valence-corrected chi connectivity index (χ0v) is 14.4. The van der Waals surface area contributed by atoms with Gasteiger partial charge in [-0.2, -0.15) is 0 Å². The van der Waals surface area contributed by atoms with Gasteiger partial charge in [0.15, 0.2) is 0 Å². The number of aryl methyl sites for hydroxylation is 1. The van der Waals surface area contributed by atoms with Crippen molar-refractivity contribution in [1.82, 2.24) is 19.9 Å². The van der Waals surface area contributed by atoms with Crippen LogP contribution >= 0.6 is 0 Å². The number of ether oxygens (including phenoxy) is 1. The summed E-state index contributed by atoms with van der Waals surface area (Å²) < 4.78 is 7.17. The standard InChI is InChI=1S/C19H20N4O2/c1-13-4-6-17(25-3)16(10-13)14(2)22-19(24)15-5-7-18(21-11-15)23-9-8-20-12-23/h4-12,14H,1-3H3,(H,22,24)/t14-/m0/s1. The van der Waals surface area contributed by atoms with Gasteiger partial charge in [-0.25, -0.2) is 9.97 Å². The van der Waals surface area contributed by atoms with Crippen LogP contribution < -0.4 is 10.1 Å². The third-order valence-corrected chi connectivity index (χ3v) is 3.98. The molecule has 1 atom stereocenters. The third-order valence-electron chi connectivity index (χ3n) is 3.98. The van der Waals surface area contributed by atoms with E-state index < -0.39 is 0 Å². The molecule has 2 heterocycles. The van der Waals surface area contributed by atoms with E-state index in [1.54, 1.807) is 48.7 Å². The van der Waals surface area contributed by atoms with Gasteiger partial charge in [0.1, 0.15) is 17.9 Å². The topological polar surface area (TPSA) is 69.0 Å². The smallest absolute Gasteiger partial charge is 0.253 e. The van der Waals surface area contributed by atoms with Crippen LogP contribution in [-0.4, -0.2) is 27.6 Å². The lowest BCUT2D eigenvalue weighted by Gasteiger charge is -2.18. The molecule has 0 bridgehead atoms. The highest BCUT2D eigenvalue weighted by Gasteiger charge is 2.15. The molecule has 0 saturated heterocycles. The molecule has 6 heteroatoms. The molecule has 1 amide bonds. The van der Waals surface area contributed by atoms with Crippen LogP contribution in [0, 0.1) is 6.92 Å². The van der Waals surface area contributed by atoms with E-state index in [4.69, 9.17) is 4.74 Å². The number of carbonyl (C=O) groups is 1. The Morgan fingerprint density at radius 3 is 2.76 bits per heavy atom. The first-order valence-corrected chi connectivity index (χ1v) is 7.98. The molecule has 1 N–H and O–H groups in total. The summed E-state index contributed by atoms with van der Waals surface area (Å²) >= 11 is 0. The first-order valence-electron chi connectivity index (χ1n) is 7.98. The zero-order chi connectivity index (χ0) is 17.8. The second-order valence-corrected chi connectivity index (χ2v) is 5.82. The van der Waals surface area contributed by atoms with E-state index in [9.17, 15) is 4.79 Å².